The highest BCUT2D eigenvalue weighted by Gasteiger charge is 2.32. The Morgan fingerprint density at radius 1 is 1.26 bits per heavy atom. The van der Waals surface area contributed by atoms with Crippen LogP contribution in [0.3, 0.4) is 0 Å². The van der Waals surface area contributed by atoms with Gasteiger partial charge >= 0.3 is 6.18 Å². The number of hydrogen-bond donors (Lipinski definition) is 1. The molecular formula is C17H18ClF3N4O2. The molecular weight excluding hydrogens is 385 g/mol. The van der Waals surface area contributed by atoms with Crippen LogP contribution >= 0.6 is 11.6 Å². The molecule has 146 valence electrons. The van der Waals surface area contributed by atoms with Crippen LogP contribution in [0.5, 0.6) is 5.75 Å². The average Bonchev–Trinajstić information content (AvgIpc) is 2.62. The summed E-state index contributed by atoms with van der Waals surface area (Å²) in [5, 5.41) is -0.0160. The number of pyridine rings is 2. The standard InChI is InChI=1S/C17H18ClF3N4O2/c1-27-15-9-22-12(7-14(15)26)10-24-2-4-25(5-3-24)16-13(18)6-11(8-23-16)17(19,20)21/h6-9H,2-5,10H2,1H3,(H,22,26). The van der Waals surface area contributed by atoms with Crippen LogP contribution in [0.2, 0.25) is 5.02 Å². The normalized spacial score (nSPS) is 15.8. The number of nitrogens with one attached hydrogen (secondary N) is 1. The van der Waals surface area contributed by atoms with Crippen LogP contribution in [0, 0.1) is 0 Å². The van der Waals surface area contributed by atoms with Gasteiger partial charge in [0.25, 0.3) is 0 Å². The molecule has 1 N–H and O–H groups in total. The highest BCUT2D eigenvalue weighted by atomic mass is 35.5. The summed E-state index contributed by atoms with van der Waals surface area (Å²) < 4.78 is 43.1. The molecule has 1 fully saturated rings. The summed E-state index contributed by atoms with van der Waals surface area (Å²) in [6.45, 7) is 3.01. The molecule has 3 rings (SSSR count). The predicted octanol–water partition coefficient (Wildman–Crippen LogP) is 2.77. The lowest BCUT2D eigenvalue weighted by atomic mass is 10.2. The summed E-state index contributed by atoms with van der Waals surface area (Å²) in [4.78, 5) is 22.7. The van der Waals surface area contributed by atoms with Crippen molar-refractivity contribution in [1.29, 1.82) is 0 Å². The number of aromatic nitrogens is 2. The maximum Gasteiger partial charge on any atom is 0.417 e. The Kier molecular flexibility index (Phi) is 5.61. The average molecular weight is 403 g/mol. The van der Waals surface area contributed by atoms with Crippen molar-refractivity contribution in [3.63, 3.8) is 0 Å². The van der Waals surface area contributed by atoms with Crippen LogP contribution in [0.4, 0.5) is 19.0 Å². The number of alkyl halides is 3. The second kappa shape index (κ2) is 7.77. The van der Waals surface area contributed by atoms with Crippen molar-refractivity contribution < 1.29 is 17.9 Å². The number of methoxy groups -OCH3 is 1. The lowest BCUT2D eigenvalue weighted by molar-refractivity contribution is -0.137. The number of anilines is 1. The first-order valence-electron chi connectivity index (χ1n) is 8.23. The lowest BCUT2D eigenvalue weighted by Crippen LogP contribution is -2.46. The van der Waals surface area contributed by atoms with Crippen molar-refractivity contribution in [2.75, 3.05) is 38.2 Å². The minimum atomic E-state index is -4.47. The van der Waals surface area contributed by atoms with Crippen molar-refractivity contribution in [1.82, 2.24) is 14.9 Å². The van der Waals surface area contributed by atoms with Crippen LogP contribution in [-0.4, -0.2) is 48.2 Å². The summed E-state index contributed by atoms with van der Waals surface area (Å²) >= 11 is 6.01. The van der Waals surface area contributed by atoms with E-state index in [4.69, 9.17) is 16.3 Å². The van der Waals surface area contributed by atoms with Gasteiger partial charge in [-0.3, -0.25) is 9.69 Å². The van der Waals surface area contributed by atoms with E-state index in [0.29, 0.717) is 38.5 Å². The van der Waals surface area contributed by atoms with Gasteiger partial charge in [0.05, 0.1) is 17.7 Å². The van der Waals surface area contributed by atoms with Gasteiger partial charge < -0.3 is 14.6 Å². The number of hydrogen-bond acceptors (Lipinski definition) is 5. The predicted molar refractivity (Wildman–Crippen MR) is 95.4 cm³/mol. The smallest absolute Gasteiger partial charge is 0.417 e. The largest absolute Gasteiger partial charge is 0.491 e. The van der Waals surface area contributed by atoms with E-state index in [9.17, 15) is 18.0 Å². The highest BCUT2D eigenvalue weighted by Crippen LogP contribution is 2.33. The van der Waals surface area contributed by atoms with E-state index in [-0.39, 0.29) is 16.2 Å². The van der Waals surface area contributed by atoms with Gasteiger partial charge in [0.2, 0.25) is 5.43 Å². The van der Waals surface area contributed by atoms with E-state index in [0.717, 1.165) is 18.0 Å². The zero-order chi connectivity index (χ0) is 19.6. The van der Waals surface area contributed by atoms with Crippen LogP contribution in [0.1, 0.15) is 11.3 Å². The fraction of sp³-hybridized carbons (Fsp3) is 0.412. The van der Waals surface area contributed by atoms with Crippen molar-refractivity contribution >= 4 is 17.4 Å². The topological polar surface area (TPSA) is 61.5 Å². The first kappa shape index (κ1) is 19.5. The maximum atomic E-state index is 12.7. The number of nitrogens with zero attached hydrogens (tertiary/aromatic N) is 3. The molecule has 1 saturated heterocycles. The molecule has 2 aromatic rings. The fourth-order valence-electron chi connectivity index (χ4n) is 2.93. The first-order chi connectivity index (χ1) is 12.8. The summed E-state index contributed by atoms with van der Waals surface area (Å²) in [7, 11) is 1.43. The molecule has 0 saturated carbocycles. The molecule has 0 radical (unpaired) electrons. The molecule has 10 heteroatoms. The van der Waals surface area contributed by atoms with Gasteiger partial charge in [0.1, 0.15) is 5.82 Å². The third kappa shape index (κ3) is 4.54. The molecule has 2 aromatic heterocycles. The zero-order valence-electron chi connectivity index (χ0n) is 14.5. The summed E-state index contributed by atoms with van der Waals surface area (Å²) in [5.41, 5.74) is -0.288. The van der Waals surface area contributed by atoms with E-state index in [2.05, 4.69) is 14.9 Å². The Bertz CT molecular complexity index is 864. The second-order valence-electron chi connectivity index (χ2n) is 6.18. The van der Waals surface area contributed by atoms with Crippen molar-refractivity contribution in [2.45, 2.75) is 12.7 Å². The van der Waals surface area contributed by atoms with Crippen LogP contribution in [0.25, 0.3) is 0 Å². The van der Waals surface area contributed by atoms with Gasteiger partial charge in [-0.25, -0.2) is 4.98 Å². The quantitative estimate of drug-likeness (QED) is 0.852. The molecule has 0 atom stereocenters. The van der Waals surface area contributed by atoms with Gasteiger partial charge in [-0.05, 0) is 6.07 Å². The zero-order valence-corrected chi connectivity index (χ0v) is 15.3. The molecule has 6 nitrogen and oxygen atoms in total. The summed E-state index contributed by atoms with van der Waals surface area (Å²) in [6, 6.07) is 2.40. The molecule has 0 unspecified atom stereocenters. The maximum absolute atomic E-state index is 12.7. The molecule has 3 heterocycles. The minimum absolute atomic E-state index is 0.0160. The van der Waals surface area contributed by atoms with Gasteiger partial charge in [-0.1, -0.05) is 11.6 Å². The van der Waals surface area contributed by atoms with Crippen LogP contribution < -0.4 is 15.1 Å². The van der Waals surface area contributed by atoms with E-state index in [1.165, 1.54) is 19.4 Å². The summed E-state index contributed by atoms with van der Waals surface area (Å²) in [6.07, 6.45) is -2.14. The van der Waals surface area contributed by atoms with E-state index < -0.39 is 11.7 Å². The fourth-order valence-corrected chi connectivity index (χ4v) is 3.21. The number of rotatable bonds is 4. The van der Waals surface area contributed by atoms with Crippen molar-refractivity contribution in [3.8, 4) is 5.75 Å². The lowest BCUT2D eigenvalue weighted by Gasteiger charge is -2.35. The SMILES string of the molecule is COc1c[nH]c(CN2CCN(c3ncc(C(F)(F)F)cc3Cl)CC2)cc1=O. The van der Waals surface area contributed by atoms with E-state index in [1.807, 2.05) is 4.90 Å². The number of ether oxygens (including phenoxy) is 1. The highest BCUT2D eigenvalue weighted by molar-refractivity contribution is 6.33. The van der Waals surface area contributed by atoms with Crippen molar-refractivity contribution in [2.24, 2.45) is 0 Å². The number of aromatic amines is 1. The molecule has 0 amide bonds. The Labute approximate surface area is 158 Å². The van der Waals surface area contributed by atoms with Crippen LogP contribution in [0.15, 0.2) is 29.3 Å². The molecule has 1 aliphatic heterocycles. The molecule has 0 aromatic carbocycles. The Hall–Kier alpha value is -2.26. The number of piperazine rings is 1. The number of halogens is 4. The van der Waals surface area contributed by atoms with Crippen molar-refractivity contribution in [3.05, 3.63) is 51.0 Å². The van der Waals surface area contributed by atoms with Gasteiger partial charge in [0.15, 0.2) is 5.75 Å². The molecule has 0 spiro atoms. The third-order valence-electron chi connectivity index (χ3n) is 4.37. The van der Waals surface area contributed by atoms with Gasteiger partial charge in [0, 0.05) is 56.9 Å². The van der Waals surface area contributed by atoms with E-state index in [1.54, 1.807) is 0 Å². The molecule has 27 heavy (non-hydrogen) atoms. The summed E-state index contributed by atoms with van der Waals surface area (Å²) in [5.74, 6) is 0.605. The molecule has 0 bridgehead atoms. The van der Waals surface area contributed by atoms with E-state index >= 15 is 0 Å². The van der Waals surface area contributed by atoms with Gasteiger partial charge in [-0.15, -0.1) is 0 Å². The minimum Gasteiger partial charge on any atom is -0.491 e. The van der Waals surface area contributed by atoms with Gasteiger partial charge in [-0.2, -0.15) is 13.2 Å². The Morgan fingerprint density at radius 3 is 2.52 bits per heavy atom. The Balaban J connectivity index is 1.62. The first-order valence-corrected chi connectivity index (χ1v) is 8.61. The molecule has 0 aliphatic carbocycles. The number of H-pyrrole nitrogens is 1. The van der Waals surface area contributed by atoms with Crippen LogP contribution in [-0.2, 0) is 12.7 Å². The molecule has 1 aliphatic rings. The second-order valence-corrected chi connectivity index (χ2v) is 6.59. The third-order valence-corrected chi connectivity index (χ3v) is 4.65. The Morgan fingerprint density at radius 2 is 1.96 bits per heavy atom. The monoisotopic (exact) mass is 402 g/mol.